The molecule has 158 valence electrons. The van der Waals surface area contributed by atoms with Crippen molar-refractivity contribution in [3.05, 3.63) is 94.8 Å². The predicted molar refractivity (Wildman–Crippen MR) is 120 cm³/mol. The van der Waals surface area contributed by atoms with E-state index < -0.39 is 0 Å². The third-order valence-corrected chi connectivity index (χ3v) is 4.89. The molecule has 0 amide bonds. The van der Waals surface area contributed by atoms with Crippen LogP contribution in [0.4, 0.5) is 20.4 Å². The normalized spacial score (nSPS) is 10.8. The Kier molecular flexibility index (Phi) is 6.24. The van der Waals surface area contributed by atoms with E-state index in [0.717, 1.165) is 0 Å². The van der Waals surface area contributed by atoms with Gasteiger partial charge in [-0.05, 0) is 24.4 Å². The van der Waals surface area contributed by atoms with Gasteiger partial charge in [0.1, 0.15) is 16.7 Å². The third-order valence-electron chi connectivity index (χ3n) is 4.41. The molecule has 0 radical (unpaired) electrons. The molecule has 0 fully saturated rings. The van der Waals surface area contributed by atoms with Crippen molar-refractivity contribution in [3.63, 3.8) is 0 Å². The minimum absolute atomic E-state index is 0.231. The van der Waals surface area contributed by atoms with Gasteiger partial charge in [0.05, 0.1) is 13.1 Å². The molecule has 2 aromatic carbocycles. The largest absolute Gasteiger partial charge is 0.316 e. The highest BCUT2D eigenvalue weighted by Crippen LogP contribution is 2.21. The van der Waals surface area contributed by atoms with E-state index >= 15 is 0 Å². The number of rotatable bonds is 6. The summed E-state index contributed by atoms with van der Waals surface area (Å²) in [4.78, 5) is 0. The number of aromatic nitrogens is 4. The fraction of sp³-hybridized carbons (Fsp3) is 0.0952. The molecule has 4 rings (SSSR count). The van der Waals surface area contributed by atoms with Gasteiger partial charge in [-0.3, -0.25) is 9.36 Å². The second-order valence-electron chi connectivity index (χ2n) is 6.68. The van der Waals surface area contributed by atoms with Gasteiger partial charge in [0, 0.05) is 29.6 Å². The Morgan fingerprint density at radius 3 is 2.13 bits per heavy atom. The highest BCUT2D eigenvalue weighted by Gasteiger charge is 2.11. The number of nitrogens with zero attached hydrogens (tertiary/aromatic N) is 4. The molecule has 4 aromatic rings. The van der Waals surface area contributed by atoms with E-state index in [-0.39, 0.29) is 23.3 Å². The zero-order valence-electron chi connectivity index (χ0n) is 16.1. The van der Waals surface area contributed by atoms with Gasteiger partial charge in [0.2, 0.25) is 0 Å². The van der Waals surface area contributed by atoms with Crippen LogP contribution in [0.1, 0.15) is 11.1 Å². The molecular formula is C21H17ClF2N6S. The van der Waals surface area contributed by atoms with Gasteiger partial charge in [0.15, 0.2) is 16.7 Å². The SMILES string of the molecule is Fc1ccccc1Cn1ccc(NC(=S)Nc2nn(Cc3ccccc3F)cc2Cl)n1. The Hall–Kier alpha value is -3.30. The van der Waals surface area contributed by atoms with Crippen LogP contribution >= 0.6 is 23.8 Å². The Labute approximate surface area is 187 Å². The number of anilines is 2. The van der Waals surface area contributed by atoms with E-state index in [4.69, 9.17) is 23.8 Å². The van der Waals surface area contributed by atoms with Crippen LogP contribution in [-0.2, 0) is 13.1 Å². The van der Waals surface area contributed by atoms with Crippen molar-refractivity contribution >= 4 is 40.6 Å². The van der Waals surface area contributed by atoms with Gasteiger partial charge in [-0.25, -0.2) is 8.78 Å². The van der Waals surface area contributed by atoms with Gasteiger partial charge >= 0.3 is 0 Å². The Balaban J connectivity index is 1.37. The number of benzene rings is 2. The fourth-order valence-corrected chi connectivity index (χ4v) is 3.34. The summed E-state index contributed by atoms with van der Waals surface area (Å²) >= 11 is 11.5. The van der Waals surface area contributed by atoms with Crippen molar-refractivity contribution in [3.8, 4) is 0 Å². The minimum Gasteiger partial charge on any atom is -0.316 e. The average molecular weight is 459 g/mol. The van der Waals surface area contributed by atoms with Crippen LogP contribution in [0.25, 0.3) is 0 Å². The van der Waals surface area contributed by atoms with Crippen molar-refractivity contribution in [2.75, 3.05) is 10.6 Å². The second kappa shape index (κ2) is 9.23. The van der Waals surface area contributed by atoms with Gasteiger partial charge in [-0.15, -0.1) is 0 Å². The number of hydrogen-bond acceptors (Lipinski definition) is 3. The minimum atomic E-state index is -0.313. The summed E-state index contributed by atoms with van der Waals surface area (Å²) in [5.41, 5.74) is 1.03. The second-order valence-corrected chi connectivity index (χ2v) is 7.50. The molecule has 2 N–H and O–H groups in total. The topological polar surface area (TPSA) is 59.7 Å². The molecule has 2 heterocycles. The zero-order valence-corrected chi connectivity index (χ0v) is 17.7. The quantitative estimate of drug-likeness (QED) is 0.402. The summed E-state index contributed by atoms with van der Waals surface area (Å²) in [5, 5.41) is 15.0. The van der Waals surface area contributed by atoms with Crippen LogP contribution in [0.3, 0.4) is 0 Å². The molecule has 0 unspecified atom stereocenters. The molecule has 0 bridgehead atoms. The van der Waals surface area contributed by atoms with Gasteiger partial charge < -0.3 is 10.6 Å². The van der Waals surface area contributed by atoms with Crippen molar-refractivity contribution < 1.29 is 8.78 Å². The number of hydrogen-bond donors (Lipinski definition) is 2. The Bertz CT molecular complexity index is 1220. The summed E-state index contributed by atoms with van der Waals surface area (Å²) < 4.78 is 30.8. The lowest BCUT2D eigenvalue weighted by Gasteiger charge is -2.07. The molecule has 2 aromatic heterocycles. The summed E-state index contributed by atoms with van der Waals surface area (Å²) in [6.45, 7) is 0.523. The first-order valence-electron chi connectivity index (χ1n) is 9.29. The Morgan fingerprint density at radius 2 is 1.48 bits per heavy atom. The lowest BCUT2D eigenvalue weighted by Crippen LogP contribution is -2.20. The third kappa shape index (κ3) is 5.25. The number of halogens is 3. The molecule has 0 atom stereocenters. The van der Waals surface area contributed by atoms with Crippen LogP contribution in [0, 0.1) is 11.6 Å². The molecule has 6 nitrogen and oxygen atoms in total. The van der Waals surface area contributed by atoms with Crippen LogP contribution in [0.2, 0.25) is 5.02 Å². The molecular weight excluding hydrogens is 442 g/mol. The van der Waals surface area contributed by atoms with Gasteiger partial charge in [-0.2, -0.15) is 10.2 Å². The molecule has 0 aliphatic rings. The lowest BCUT2D eigenvalue weighted by atomic mass is 10.2. The Morgan fingerprint density at radius 1 is 0.871 bits per heavy atom. The maximum Gasteiger partial charge on any atom is 0.177 e. The van der Waals surface area contributed by atoms with Crippen LogP contribution < -0.4 is 10.6 Å². The highest BCUT2D eigenvalue weighted by molar-refractivity contribution is 7.80. The fourth-order valence-electron chi connectivity index (χ4n) is 2.94. The highest BCUT2D eigenvalue weighted by atomic mass is 35.5. The van der Waals surface area contributed by atoms with Crippen LogP contribution in [0.5, 0.6) is 0 Å². The van der Waals surface area contributed by atoms with Crippen molar-refractivity contribution in [2.45, 2.75) is 13.1 Å². The predicted octanol–water partition coefficient (Wildman–Crippen LogP) is 4.92. The van der Waals surface area contributed by atoms with E-state index in [2.05, 4.69) is 20.8 Å². The molecule has 0 saturated heterocycles. The van der Waals surface area contributed by atoms with E-state index in [9.17, 15) is 8.78 Å². The van der Waals surface area contributed by atoms with Crippen molar-refractivity contribution in [2.24, 2.45) is 0 Å². The summed E-state index contributed by atoms with van der Waals surface area (Å²) in [7, 11) is 0. The number of thiocarbonyl (C=S) groups is 1. The lowest BCUT2D eigenvalue weighted by molar-refractivity contribution is 0.586. The van der Waals surface area contributed by atoms with Crippen molar-refractivity contribution in [1.29, 1.82) is 0 Å². The molecule has 10 heteroatoms. The zero-order chi connectivity index (χ0) is 21.8. The van der Waals surface area contributed by atoms with Gasteiger partial charge in [-0.1, -0.05) is 48.0 Å². The first-order valence-corrected chi connectivity index (χ1v) is 10.1. The first kappa shape index (κ1) is 21.0. The van der Waals surface area contributed by atoms with E-state index in [1.807, 2.05) is 0 Å². The molecule has 0 aliphatic heterocycles. The summed E-state index contributed by atoms with van der Waals surface area (Å²) in [6, 6.07) is 14.7. The molecule has 0 aliphatic carbocycles. The number of nitrogens with one attached hydrogen (secondary N) is 2. The van der Waals surface area contributed by atoms with E-state index in [0.29, 0.717) is 34.3 Å². The molecule has 0 spiro atoms. The first-order chi connectivity index (χ1) is 15.0. The summed E-state index contributed by atoms with van der Waals surface area (Å²) in [5.74, 6) is 0.217. The average Bonchev–Trinajstić information content (AvgIpc) is 3.31. The maximum absolute atomic E-state index is 13.8. The van der Waals surface area contributed by atoms with Crippen LogP contribution in [-0.4, -0.2) is 24.7 Å². The summed E-state index contributed by atoms with van der Waals surface area (Å²) in [6.07, 6.45) is 3.30. The standard InChI is InChI=1S/C21H17ClF2N6S/c22-16-13-30(12-15-6-2-4-8-18(15)24)28-20(16)26-21(31)25-19-9-10-29(27-19)11-14-5-1-3-7-17(14)23/h1-10,13H,11-12H2,(H2,25,26,27,28,31). The van der Waals surface area contributed by atoms with Gasteiger partial charge in [0.25, 0.3) is 0 Å². The molecule has 0 saturated carbocycles. The van der Waals surface area contributed by atoms with Crippen molar-refractivity contribution in [1.82, 2.24) is 19.6 Å². The van der Waals surface area contributed by atoms with Crippen LogP contribution in [0.15, 0.2) is 67.0 Å². The molecule has 31 heavy (non-hydrogen) atoms. The van der Waals surface area contributed by atoms with E-state index in [1.165, 1.54) is 16.8 Å². The smallest absolute Gasteiger partial charge is 0.177 e. The maximum atomic E-state index is 13.8. The van der Waals surface area contributed by atoms with E-state index in [1.54, 1.807) is 59.5 Å². The monoisotopic (exact) mass is 458 g/mol.